The number of hydrazone groups is 1. The van der Waals surface area contributed by atoms with E-state index in [0.29, 0.717) is 12.7 Å². The van der Waals surface area contributed by atoms with Crippen LogP contribution in [0.1, 0.15) is 13.3 Å². The predicted octanol–water partition coefficient (Wildman–Crippen LogP) is -0.380. The first-order valence-electron chi connectivity index (χ1n) is 2.78. The van der Waals surface area contributed by atoms with E-state index in [-0.39, 0.29) is 5.71 Å². The summed E-state index contributed by atoms with van der Waals surface area (Å²) in [4.78, 5) is 20.0. The van der Waals surface area contributed by atoms with Gasteiger partial charge in [0.1, 0.15) is 5.71 Å². The lowest BCUT2D eigenvalue weighted by Crippen LogP contribution is -2.25. The maximum atomic E-state index is 10.0. The van der Waals surface area contributed by atoms with Gasteiger partial charge in [0.2, 0.25) is 0 Å². The van der Waals surface area contributed by atoms with E-state index in [1.807, 2.05) is 5.43 Å². The predicted molar refractivity (Wildman–Crippen MR) is 36.5 cm³/mol. The molecule has 0 spiro atoms. The summed E-state index contributed by atoms with van der Waals surface area (Å²) in [5.41, 5.74) is 6.88. The van der Waals surface area contributed by atoms with Crippen LogP contribution >= 0.6 is 0 Å². The Morgan fingerprint density at radius 2 is 2.40 bits per heavy atom. The number of rotatable bonds is 3. The van der Waals surface area contributed by atoms with Crippen LogP contribution < -0.4 is 11.2 Å². The number of primary amides is 1. The number of nitrogens with two attached hydrogens (primary N) is 1. The molecule has 0 aliphatic carbocycles. The number of urea groups is 1. The van der Waals surface area contributed by atoms with Gasteiger partial charge in [-0.05, 0) is 6.42 Å². The number of aldehydes is 1. The van der Waals surface area contributed by atoms with E-state index in [4.69, 9.17) is 0 Å². The molecule has 10 heavy (non-hydrogen) atoms. The van der Waals surface area contributed by atoms with Crippen LogP contribution in [0.25, 0.3) is 0 Å². The third kappa shape index (κ3) is 3.59. The Balaban J connectivity index is 3.86. The van der Waals surface area contributed by atoms with Gasteiger partial charge in [-0.1, -0.05) is 6.92 Å². The molecule has 0 fully saturated rings. The standard InChI is InChI=1S/C5H9N3O2/c1-2-4(3-9)7-8-5(6)10/h3H,2H2,1H3,(H3,6,8,10)/b7-4-. The summed E-state index contributed by atoms with van der Waals surface area (Å²) >= 11 is 0. The van der Waals surface area contributed by atoms with Crippen LogP contribution in [-0.2, 0) is 4.79 Å². The van der Waals surface area contributed by atoms with Gasteiger partial charge in [0.25, 0.3) is 0 Å². The Morgan fingerprint density at radius 3 is 2.70 bits per heavy atom. The number of carbonyl (C=O) groups excluding carboxylic acids is 2. The molecule has 2 amide bonds. The van der Waals surface area contributed by atoms with Gasteiger partial charge in [-0.25, -0.2) is 10.2 Å². The van der Waals surface area contributed by atoms with E-state index in [9.17, 15) is 9.59 Å². The molecule has 0 aliphatic rings. The van der Waals surface area contributed by atoms with E-state index in [2.05, 4.69) is 10.8 Å². The van der Waals surface area contributed by atoms with Crippen molar-refractivity contribution in [3.05, 3.63) is 0 Å². The molecule has 0 bridgehead atoms. The fourth-order valence-electron chi connectivity index (χ4n) is 0.316. The highest BCUT2D eigenvalue weighted by Crippen LogP contribution is 1.77. The summed E-state index contributed by atoms with van der Waals surface area (Å²) in [5, 5.41) is 3.38. The normalized spacial score (nSPS) is 10.7. The minimum absolute atomic E-state index is 0.263. The SMILES string of the molecule is CC/C(C=O)=N/NC(N)=O. The molecular formula is C5H9N3O2. The molecule has 3 N–H and O–H groups in total. The summed E-state index contributed by atoms with van der Waals surface area (Å²) in [5.74, 6) is 0. The Morgan fingerprint density at radius 1 is 1.80 bits per heavy atom. The molecule has 0 aromatic carbocycles. The van der Waals surface area contributed by atoms with Crippen LogP contribution in [0, 0.1) is 0 Å². The van der Waals surface area contributed by atoms with Crippen molar-refractivity contribution in [2.45, 2.75) is 13.3 Å². The number of hydrogen-bond donors (Lipinski definition) is 2. The van der Waals surface area contributed by atoms with Crippen molar-refractivity contribution in [2.75, 3.05) is 0 Å². The van der Waals surface area contributed by atoms with Crippen molar-refractivity contribution < 1.29 is 9.59 Å². The Labute approximate surface area is 58.3 Å². The van der Waals surface area contributed by atoms with E-state index >= 15 is 0 Å². The van der Waals surface area contributed by atoms with Crippen molar-refractivity contribution in [3.63, 3.8) is 0 Å². The van der Waals surface area contributed by atoms with Crippen molar-refractivity contribution in [1.29, 1.82) is 0 Å². The molecule has 5 heteroatoms. The van der Waals surface area contributed by atoms with Gasteiger partial charge in [0.15, 0.2) is 6.29 Å². The molecule has 0 rings (SSSR count). The maximum absolute atomic E-state index is 10.0. The zero-order valence-corrected chi connectivity index (χ0v) is 5.63. The molecule has 0 saturated carbocycles. The molecule has 0 radical (unpaired) electrons. The lowest BCUT2D eigenvalue weighted by molar-refractivity contribution is -0.102. The second-order valence-corrected chi connectivity index (χ2v) is 1.55. The summed E-state index contributed by atoms with van der Waals surface area (Å²) in [6, 6.07) is -0.771. The topological polar surface area (TPSA) is 84.6 Å². The number of nitrogens with zero attached hydrogens (tertiary/aromatic N) is 1. The molecule has 0 unspecified atom stereocenters. The van der Waals surface area contributed by atoms with Crippen molar-refractivity contribution in [3.8, 4) is 0 Å². The van der Waals surface area contributed by atoms with Gasteiger partial charge in [-0.2, -0.15) is 5.10 Å². The highest BCUT2D eigenvalue weighted by Gasteiger charge is 1.92. The molecule has 0 aliphatic heterocycles. The van der Waals surface area contributed by atoms with E-state index in [1.54, 1.807) is 6.92 Å². The van der Waals surface area contributed by atoms with Gasteiger partial charge in [0, 0.05) is 0 Å². The quantitative estimate of drug-likeness (QED) is 0.320. The minimum Gasteiger partial charge on any atom is -0.350 e. The summed E-state index contributed by atoms with van der Waals surface area (Å²) in [6.45, 7) is 1.75. The van der Waals surface area contributed by atoms with Crippen LogP contribution in [0.4, 0.5) is 4.79 Å². The molecule has 56 valence electrons. The van der Waals surface area contributed by atoms with Gasteiger partial charge in [-0.3, -0.25) is 4.79 Å². The highest BCUT2D eigenvalue weighted by molar-refractivity contribution is 6.28. The monoisotopic (exact) mass is 143 g/mol. The van der Waals surface area contributed by atoms with Crippen molar-refractivity contribution in [1.82, 2.24) is 5.43 Å². The average molecular weight is 143 g/mol. The van der Waals surface area contributed by atoms with E-state index < -0.39 is 6.03 Å². The molecule has 0 saturated heterocycles. The number of carbonyl (C=O) groups is 2. The Hall–Kier alpha value is -1.39. The van der Waals surface area contributed by atoms with E-state index in [0.717, 1.165) is 0 Å². The number of hydrogen-bond acceptors (Lipinski definition) is 3. The lowest BCUT2D eigenvalue weighted by atomic mass is 10.3. The number of nitrogens with one attached hydrogen (secondary N) is 1. The summed E-state index contributed by atoms with van der Waals surface area (Å²) in [7, 11) is 0. The molecule has 0 heterocycles. The van der Waals surface area contributed by atoms with Crippen LogP contribution in [-0.4, -0.2) is 18.0 Å². The summed E-state index contributed by atoms with van der Waals surface area (Å²) in [6.07, 6.45) is 1.04. The zero-order chi connectivity index (χ0) is 7.98. The van der Waals surface area contributed by atoms with Gasteiger partial charge >= 0.3 is 6.03 Å². The molecular weight excluding hydrogens is 134 g/mol. The smallest absolute Gasteiger partial charge is 0.332 e. The third-order valence-corrected chi connectivity index (χ3v) is 0.808. The fraction of sp³-hybridized carbons (Fsp3) is 0.400. The first-order chi connectivity index (χ1) is 4.70. The van der Waals surface area contributed by atoms with Gasteiger partial charge in [0.05, 0.1) is 0 Å². The molecule has 5 nitrogen and oxygen atoms in total. The second kappa shape index (κ2) is 4.49. The minimum atomic E-state index is -0.771. The largest absolute Gasteiger partial charge is 0.350 e. The maximum Gasteiger partial charge on any atom is 0.332 e. The van der Waals surface area contributed by atoms with Crippen molar-refractivity contribution in [2.24, 2.45) is 10.8 Å². The molecule has 0 aromatic heterocycles. The Bertz CT molecular complexity index is 164. The zero-order valence-electron chi connectivity index (χ0n) is 5.63. The van der Waals surface area contributed by atoms with Crippen LogP contribution in [0.2, 0.25) is 0 Å². The first kappa shape index (κ1) is 8.61. The third-order valence-electron chi connectivity index (χ3n) is 0.808. The van der Waals surface area contributed by atoms with Gasteiger partial charge < -0.3 is 5.73 Å². The van der Waals surface area contributed by atoms with Gasteiger partial charge in [-0.15, -0.1) is 0 Å². The first-order valence-corrected chi connectivity index (χ1v) is 2.78. The summed E-state index contributed by atoms with van der Waals surface area (Å²) < 4.78 is 0. The molecule has 0 atom stereocenters. The van der Waals surface area contributed by atoms with Crippen molar-refractivity contribution >= 4 is 18.0 Å². The average Bonchev–Trinajstić information content (AvgIpc) is 1.90. The molecule has 0 aromatic rings. The van der Waals surface area contributed by atoms with Crippen LogP contribution in [0.3, 0.4) is 0 Å². The van der Waals surface area contributed by atoms with Crippen LogP contribution in [0.15, 0.2) is 5.10 Å². The lowest BCUT2D eigenvalue weighted by Gasteiger charge is -1.92. The number of amides is 2. The Kier molecular flexibility index (Phi) is 3.86. The fourth-order valence-corrected chi connectivity index (χ4v) is 0.316. The highest BCUT2D eigenvalue weighted by atomic mass is 16.2. The second-order valence-electron chi connectivity index (χ2n) is 1.55. The van der Waals surface area contributed by atoms with Crippen LogP contribution in [0.5, 0.6) is 0 Å². The van der Waals surface area contributed by atoms with E-state index in [1.165, 1.54) is 0 Å².